The second-order valence-electron chi connectivity index (χ2n) is 4.82. The van der Waals surface area contributed by atoms with Gasteiger partial charge >= 0.3 is 0 Å². The van der Waals surface area contributed by atoms with Crippen LogP contribution in [0, 0.1) is 6.92 Å². The van der Waals surface area contributed by atoms with Crippen molar-refractivity contribution in [1.82, 2.24) is 4.98 Å². The molecule has 20 heavy (non-hydrogen) atoms. The SMILES string of the molecule is CCc1ccsc1C(=O)c1ccc2nc(C)ccc2c1. The fourth-order valence-electron chi connectivity index (χ4n) is 2.31. The van der Waals surface area contributed by atoms with Crippen LogP contribution in [0.15, 0.2) is 41.8 Å². The third-order valence-electron chi connectivity index (χ3n) is 3.42. The lowest BCUT2D eigenvalue weighted by Gasteiger charge is -2.04. The molecular formula is C17H15NOS. The molecule has 0 amide bonds. The lowest BCUT2D eigenvalue weighted by molar-refractivity contribution is 0.104. The van der Waals surface area contributed by atoms with Gasteiger partial charge in [0.15, 0.2) is 0 Å². The summed E-state index contributed by atoms with van der Waals surface area (Å²) in [6.45, 7) is 4.05. The molecule has 0 aliphatic rings. The van der Waals surface area contributed by atoms with Crippen molar-refractivity contribution >= 4 is 28.0 Å². The van der Waals surface area contributed by atoms with Gasteiger partial charge in [-0.25, -0.2) is 0 Å². The van der Waals surface area contributed by atoms with Crippen molar-refractivity contribution in [3.8, 4) is 0 Å². The maximum Gasteiger partial charge on any atom is 0.203 e. The van der Waals surface area contributed by atoms with E-state index in [1.54, 1.807) is 0 Å². The number of benzene rings is 1. The Kier molecular flexibility index (Phi) is 3.36. The second-order valence-corrected chi connectivity index (χ2v) is 5.73. The smallest absolute Gasteiger partial charge is 0.203 e. The summed E-state index contributed by atoms with van der Waals surface area (Å²) in [5, 5.41) is 2.99. The number of ketones is 1. The van der Waals surface area contributed by atoms with E-state index in [1.165, 1.54) is 11.3 Å². The molecule has 0 aliphatic carbocycles. The Hall–Kier alpha value is -2.00. The van der Waals surface area contributed by atoms with Gasteiger partial charge in [-0.15, -0.1) is 11.3 Å². The van der Waals surface area contributed by atoms with Crippen molar-refractivity contribution in [2.75, 3.05) is 0 Å². The van der Waals surface area contributed by atoms with Crippen LogP contribution in [0.5, 0.6) is 0 Å². The minimum Gasteiger partial charge on any atom is -0.288 e. The van der Waals surface area contributed by atoms with Crippen LogP contribution >= 0.6 is 11.3 Å². The lowest BCUT2D eigenvalue weighted by atomic mass is 10.0. The average molecular weight is 281 g/mol. The molecule has 2 aromatic heterocycles. The summed E-state index contributed by atoms with van der Waals surface area (Å²) in [5.41, 5.74) is 3.79. The van der Waals surface area contributed by atoms with Gasteiger partial charge in [0.25, 0.3) is 0 Å². The van der Waals surface area contributed by atoms with Crippen LogP contribution in [0.25, 0.3) is 10.9 Å². The molecule has 3 heteroatoms. The highest BCUT2D eigenvalue weighted by Crippen LogP contribution is 2.23. The maximum absolute atomic E-state index is 12.6. The Labute approximate surface area is 122 Å². The molecule has 1 aromatic carbocycles. The average Bonchev–Trinajstić information content (AvgIpc) is 2.94. The normalized spacial score (nSPS) is 10.9. The van der Waals surface area contributed by atoms with E-state index in [0.717, 1.165) is 39.0 Å². The Morgan fingerprint density at radius 3 is 2.85 bits per heavy atom. The van der Waals surface area contributed by atoms with Gasteiger partial charge in [-0.1, -0.05) is 13.0 Å². The van der Waals surface area contributed by atoms with Crippen molar-refractivity contribution in [3.05, 3.63) is 63.5 Å². The van der Waals surface area contributed by atoms with Gasteiger partial charge in [0, 0.05) is 16.6 Å². The number of pyridine rings is 1. The zero-order chi connectivity index (χ0) is 14.1. The second kappa shape index (κ2) is 5.17. The zero-order valence-electron chi connectivity index (χ0n) is 11.5. The molecule has 0 radical (unpaired) electrons. The molecule has 0 fully saturated rings. The summed E-state index contributed by atoms with van der Waals surface area (Å²) in [6.07, 6.45) is 0.888. The molecule has 3 aromatic rings. The third-order valence-corrected chi connectivity index (χ3v) is 4.38. The van der Waals surface area contributed by atoms with E-state index < -0.39 is 0 Å². The van der Waals surface area contributed by atoms with Gasteiger partial charge in [0.2, 0.25) is 5.78 Å². The van der Waals surface area contributed by atoms with E-state index in [2.05, 4.69) is 11.9 Å². The topological polar surface area (TPSA) is 30.0 Å². The van der Waals surface area contributed by atoms with E-state index in [9.17, 15) is 4.79 Å². The van der Waals surface area contributed by atoms with Gasteiger partial charge in [-0.3, -0.25) is 9.78 Å². The first-order valence-electron chi connectivity index (χ1n) is 6.67. The minimum absolute atomic E-state index is 0.110. The van der Waals surface area contributed by atoms with Crippen molar-refractivity contribution in [3.63, 3.8) is 0 Å². The first-order chi connectivity index (χ1) is 9.69. The number of rotatable bonds is 3. The molecule has 0 saturated heterocycles. The number of hydrogen-bond donors (Lipinski definition) is 0. The van der Waals surface area contributed by atoms with Crippen LogP contribution in [0.4, 0.5) is 0 Å². The third kappa shape index (κ3) is 2.25. The molecule has 0 bridgehead atoms. The summed E-state index contributed by atoms with van der Waals surface area (Å²) in [4.78, 5) is 17.9. The molecule has 0 saturated carbocycles. The van der Waals surface area contributed by atoms with E-state index in [4.69, 9.17) is 0 Å². The number of carbonyl (C=O) groups is 1. The van der Waals surface area contributed by atoms with Crippen LogP contribution in [0.3, 0.4) is 0 Å². The molecule has 3 rings (SSSR count). The van der Waals surface area contributed by atoms with E-state index in [1.807, 2.05) is 48.7 Å². The number of aryl methyl sites for hydroxylation is 2. The Morgan fingerprint density at radius 2 is 2.05 bits per heavy atom. The molecule has 2 nitrogen and oxygen atoms in total. The molecule has 0 spiro atoms. The van der Waals surface area contributed by atoms with E-state index in [-0.39, 0.29) is 5.78 Å². The monoisotopic (exact) mass is 281 g/mol. The van der Waals surface area contributed by atoms with Gasteiger partial charge in [0.05, 0.1) is 10.4 Å². The Morgan fingerprint density at radius 1 is 1.20 bits per heavy atom. The van der Waals surface area contributed by atoms with Crippen LogP contribution in [0.2, 0.25) is 0 Å². The van der Waals surface area contributed by atoms with Crippen LogP contribution in [0.1, 0.15) is 33.4 Å². The largest absolute Gasteiger partial charge is 0.288 e. The van der Waals surface area contributed by atoms with Crippen LogP contribution in [-0.2, 0) is 6.42 Å². The quantitative estimate of drug-likeness (QED) is 0.666. The number of carbonyl (C=O) groups excluding carboxylic acids is 1. The molecule has 0 atom stereocenters. The van der Waals surface area contributed by atoms with E-state index >= 15 is 0 Å². The molecule has 0 unspecified atom stereocenters. The minimum atomic E-state index is 0.110. The number of hydrogen-bond acceptors (Lipinski definition) is 3. The zero-order valence-corrected chi connectivity index (χ0v) is 12.3. The summed E-state index contributed by atoms with van der Waals surface area (Å²) in [7, 11) is 0. The molecule has 100 valence electrons. The molecule has 0 N–H and O–H groups in total. The van der Waals surface area contributed by atoms with Crippen LogP contribution in [-0.4, -0.2) is 10.8 Å². The summed E-state index contributed by atoms with van der Waals surface area (Å²) < 4.78 is 0. The summed E-state index contributed by atoms with van der Waals surface area (Å²) in [5.74, 6) is 0.110. The van der Waals surface area contributed by atoms with Crippen LogP contribution < -0.4 is 0 Å². The van der Waals surface area contributed by atoms with Crippen molar-refractivity contribution in [1.29, 1.82) is 0 Å². The molecular weight excluding hydrogens is 266 g/mol. The first kappa shape index (κ1) is 13.0. The standard InChI is InChI=1S/C17H15NOS/c1-3-12-8-9-20-17(12)16(19)14-6-7-15-13(10-14)5-4-11(2)18-15/h4-10H,3H2,1-2H3. The van der Waals surface area contributed by atoms with Gasteiger partial charge in [-0.2, -0.15) is 0 Å². The highest BCUT2D eigenvalue weighted by Gasteiger charge is 2.14. The first-order valence-corrected chi connectivity index (χ1v) is 7.55. The Balaban J connectivity index is 2.06. The lowest BCUT2D eigenvalue weighted by Crippen LogP contribution is -2.01. The predicted octanol–water partition coefficient (Wildman–Crippen LogP) is 4.40. The Bertz CT molecular complexity index is 789. The summed E-state index contributed by atoms with van der Waals surface area (Å²) >= 11 is 1.52. The predicted molar refractivity (Wildman–Crippen MR) is 83.6 cm³/mol. The van der Waals surface area contributed by atoms with Gasteiger partial charge in [-0.05, 0) is 54.6 Å². The van der Waals surface area contributed by atoms with Crippen molar-refractivity contribution in [2.45, 2.75) is 20.3 Å². The van der Waals surface area contributed by atoms with Gasteiger partial charge < -0.3 is 0 Å². The number of fused-ring (bicyclic) bond motifs is 1. The van der Waals surface area contributed by atoms with Crippen molar-refractivity contribution < 1.29 is 4.79 Å². The maximum atomic E-state index is 12.6. The molecule has 2 heterocycles. The highest BCUT2D eigenvalue weighted by molar-refractivity contribution is 7.12. The van der Waals surface area contributed by atoms with Crippen molar-refractivity contribution in [2.24, 2.45) is 0 Å². The number of thiophene rings is 1. The summed E-state index contributed by atoms with van der Waals surface area (Å²) in [6, 6.07) is 11.8. The highest BCUT2D eigenvalue weighted by atomic mass is 32.1. The fraction of sp³-hybridized carbons (Fsp3) is 0.176. The number of aromatic nitrogens is 1. The number of nitrogens with zero attached hydrogens (tertiary/aromatic N) is 1. The fourth-order valence-corrected chi connectivity index (χ4v) is 3.27. The molecule has 0 aliphatic heterocycles. The van der Waals surface area contributed by atoms with Gasteiger partial charge in [0.1, 0.15) is 0 Å². The van der Waals surface area contributed by atoms with E-state index in [0.29, 0.717) is 0 Å².